The molecule has 0 radical (unpaired) electrons. The lowest BCUT2D eigenvalue weighted by Gasteiger charge is -2.23. The van der Waals surface area contributed by atoms with Gasteiger partial charge in [0.2, 0.25) is 0 Å². The Balaban J connectivity index is 1.95. The minimum atomic E-state index is -0.0598. The molecule has 1 atom stereocenters. The van der Waals surface area contributed by atoms with Crippen molar-refractivity contribution < 1.29 is 4.74 Å². The summed E-state index contributed by atoms with van der Waals surface area (Å²) in [6, 6.07) is 1.96. The van der Waals surface area contributed by atoms with Gasteiger partial charge >= 0.3 is 0 Å². The van der Waals surface area contributed by atoms with Gasteiger partial charge in [-0.3, -0.25) is 0 Å². The first kappa shape index (κ1) is 16.0. The number of ether oxygens (including phenoxy) is 1. The number of aromatic nitrogens is 2. The lowest BCUT2D eigenvalue weighted by molar-refractivity contribution is 0.0134. The molecule has 1 aromatic heterocycles. The largest absolute Gasteiger partial charge is 0.378 e. The van der Waals surface area contributed by atoms with Gasteiger partial charge in [0.15, 0.2) is 0 Å². The predicted molar refractivity (Wildman–Crippen MR) is 87.0 cm³/mol. The molecule has 0 aromatic carbocycles. The van der Waals surface area contributed by atoms with Gasteiger partial charge in [0.25, 0.3) is 0 Å². The Morgan fingerprint density at radius 3 is 2.62 bits per heavy atom. The van der Waals surface area contributed by atoms with Crippen LogP contribution < -0.4 is 10.6 Å². The molecule has 0 aliphatic carbocycles. The van der Waals surface area contributed by atoms with Crippen LogP contribution in [0.15, 0.2) is 6.07 Å². The maximum atomic E-state index is 5.75. The van der Waals surface area contributed by atoms with Gasteiger partial charge in [0.05, 0.1) is 6.10 Å². The van der Waals surface area contributed by atoms with Crippen LogP contribution in [0.2, 0.25) is 0 Å². The normalized spacial score (nSPS) is 19.3. The summed E-state index contributed by atoms with van der Waals surface area (Å²) < 4.78 is 5.75. The van der Waals surface area contributed by atoms with Crippen molar-refractivity contribution in [2.75, 3.05) is 30.8 Å². The van der Waals surface area contributed by atoms with E-state index in [9.17, 15) is 0 Å². The Hall–Kier alpha value is -1.36. The van der Waals surface area contributed by atoms with Crippen LogP contribution in [0.4, 0.5) is 11.6 Å². The highest BCUT2D eigenvalue weighted by atomic mass is 16.5. The zero-order valence-corrected chi connectivity index (χ0v) is 13.7. The van der Waals surface area contributed by atoms with Crippen LogP contribution >= 0.6 is 0 Å². The molecule has 0 spiro atoms. The highest BCUT2D eigenvalue weighted by molar-refractivity contribution is 5.47. The SMILES string of the molecule is CNc1cc(NCCC2CCCCO2)nc(C(C)(C)C)n1. The first-order valence-corrected chi connectivity index (χ1v) is 7.92. The molecule has 2 N–H and O–H groups in total. The van der Waals surface area contributed by atoms with Crippen LogP contribution in [0.5, 0.6) is 0 Å². The molecular formula is C16H28N4O. The summed E-state index contributed by atoms with van der Waals surface area (Å²) in [5.74, 6) is 2.59. The number of hydrogen-bond donors (Lipinski definition) is 2. The molecular weight excluding hydrogens is 264 g/mol. The second kappa shape index (κ2) is 7.07. The Morgan fingerprint density at radius 2 is 2.00 bits per heavy atom. The third kappa shape index (κ3) is 4.84. The average Bonchev–Trinajstić information content (AvgIpc) is 2.47. The standard InChI is InChI=1S/C16H28N4O/c1-16(2,3)15-19-13(17-4)11-14(20-15)18-9-8-12-7-5-6-10-21-12/h11-12H,5-10H2,1-4H3,(H2,17,18,19,20). The van der Waals surface area contributed by atoms with Crippen molar-refractivity contribution >= 4 is 11.6 Å². The van der Waals surface area contributed by atoms with E-state index in [2.05, 4.69) is 41.4 Å². The molecule has 0 amide bonds. The Kier molecular flexibility index (Phi) is 5.39. The van der Waals surface area contributed by atoms with E-state index in [1.807, 2.05) is 13.1 Å². The summed E-state index contributed by atoms with van der Waals surface area (Å²) in [6.07, 6.45) is 5.11. The van der Waals surface area contributed by atoms with Gasteiger partial charge in [-0.25, -0.2) is 9.97 Å². The molecule has 0 saturated carbocycles. The lowest BCUT2D eigenvalue weighted by atomic mass is 9.96. The molecule has 2 heterocycles. The molecule has 1 aliphatic heterocycles. The molecule has 1 aliphatic rings. The highest BCUT2D eigenvalue weighted by Gasteiger charge is 2.19. The summed E-state index contributed by atoms with van der Waals surface area (Å²) in [7, 11) is 1.88. The second-order valence-corrected chi connectivity index (χ2v) is 6.67. The number of nitrogens with zero attached hydrogens (tertiary/aromatic N) is 2. The van der Waals surface area contributed by atoms with Crippen molar-refractivity contribution in [1.29, 1.82) is 0 Å². The zero-order chi connectivity index (χ0) is 15.3. The molecule has 1 aromatic rings. The van der Waals surface area contributed by atoms with E-state index in [1.54, 1.807) is 0 Å². The molecule has 2 rings (SSSR count). The molecule has 1 saturated heterocycles. The fraction of sp³-hybridized carbons (Fsp3) is 0.750. The highest BCUT2D eigenvalue weighted by Crippen LogP contribution is 2.22. The average molecular weight is 292 g/mol. The Labute approximate surface area is 127 Å². The first-order chi connectivity index (χ1) is 9.99. The van der Waals surface area contributed by atoms with Crippen LogP contribution in [0.25, 0.3) is 0 Å². The Bertz CT molecular complexity index is 450. The van der Waals surface area contributed by atoms with Crippen molar-refractivity contribution in [3.63, 3.8) is 0 Å². The van der Waals surface area contributed by atoms with Gasteiger partial charge in [0.1, 0.15) is 17.5 Å². The molecule has 0 bridgehead atoms. The van der Waals surface area contributed by atoms with E-state index in [4.69, 9.17) is 4.74 Å². The number of hydrogen-bond acceptors (Lipinski definition) is 5. The molecule has 5 heteroatoms. The fourth-order valence-corrected chi connectivity index (χ4v) is 2.40. The summed E-state index contributed by atoms with van der Waals surface area (Å²) in [5, 5.41) is 6.51. The van der Waals surface area contributed by atoms with Crippen LogP contribution in [0.1, 0.15) is 52.3 Å². The van der Waals surface area contributed by atoms with E-state index in [0.29, 0.717) is 6.10 Å². The second-order valence-electron chi connectivity index (χ2n) is 6.67. The van der Waals surface area contributed by atoms with Crippen LogP contribution in [0.3, 0.4) is 0 Å². The van der Waals surface area contributed by atoms with Crippen molar-refractivity contribution in [3.8, 4) is 0 Å². The molecule has 5 nitrogen and oxygen atoms in total. The quantitative estimate of drug-likeness (QED) is 0.873. The number of nitrogens with one attached hydrogen (secondary N) is 2. The van der Waals surface area contributed by atoms with E-state index in [-0.39, 0.29) is 5.41 Å². The van der Waals surface area contributed by atoms with E-state index in [1.165, 1.54) is 19.3 Å². The van der Waals surface area contributed by atoms with E-state index < -0.39 is 0 Å². The van der Waals surface area contributed by atoms with Gasteiger partial charge < -0.3 is 15.4 Å². The lowest BCUT2D eigenvalue weighted by Crippen LogP contribution is -2.23. The minimum Gasteiger partial charge on any atom is -0.378 e. The summed E-state index contributed by atoms with van der Waals surface area (Å²) >= 11 is 0. The number of rotatable bonds is 5. The molecule has 118 valence electrons. The van der Waals surface area contributed by atoms with Crippen molar-refractivity contribution in [2.24, 2.45) is 0 Å². The molecule has 21 heavy (non-hydrogen) atoms. The van der Waals surface area contributed by atoms with Crippen molar-refractivity contribution in [1.82, 2.24) is 9.97 Å². The maximum absolute atomic E-state index is 5.75. The van der Waals surface area contributed by atoms with Gasteiger partial charge in [-0.15, -0.1) is 0 Å². The minimum absolute atomic E-state index is 0.0598. The van der Waals surface area contributed by atoms with Crippen molar-refractivity contribution in [2.45, 2.75) is 58.0 Å². The third-order valence-corrected chi connectivity index (χ3v) is 3.70. The van der Waals surface area contributed by atoms with Crippen LogP contribution in [0, 0.1) is 0 Å². The Morgan fingerprint density at radius 1 is 1.24 bits per heavy atom. The van der Waals surface area contributed by atoms with E-state index >= 15 is 0 Å². The third-order valence-electron chi connectivity index (χ3n) is 3.70. The maximum Gasteiger partial charge on any atom is 0.138 e. The summed E-state index contributed by atoms with van der Waals surface area (Å²) in [5.41, 5.74) is -0.0598. The smallest absolute Gasteiger partial charge is 0.138 e. The molecule has 1 unspecified atom stereocenters. The van der Waals surface area contributed by atoms with E-state index in [0.717, 1.165) is 37.0 Å². The van der Waals surface area contributed by atoms with Crippen LogP contribution in [-0.2, 0) is 10.2 Å². The van der Waals surface area contributed by atoms with Gasteiger partial charge in [0, 0.05) is 31.7 Å². The van der Waals surface area contributed by atoms with Gasteiger partial charge in [-0.2, -0.15) is 0 Å². The zero-order valence-electron chi connectivity index (χ0n) is 13.7. The first-order valence-electron chi connectivity index (χ1n) is 7.92. The number of anilines is 2. The van der Waals surface area contributed by atoms with Gasteiger partial charge in [-0.05, 0) is 25.7 Å². The fourth-order valence-electron chi connectivity index (χ4n) is 2.40. The monoisotopic (exact) mass is 292 g/mol. The van der Waals surface area contributed by atoms with Crippen molar-refractivity contribution in [3.05, 3.63) is 11.9 Å². The molecule has 1 fully saturated rings. The summed E-state index contributed by atoms with van der Waals surface area (Å²) in [4.78, 5) is 9.17. The van der Waals surface area contributed by atoms with Crippen LogP contribution in [-0.4, -0.2) is 36.3 Å². The summed E-state index contributed by atoms with van der Waals surface area (Å²) in [6.45, 7) is 8.18. The topological polar surface area (TPSA) is 59.1 Å². The van der Waals surface area contributed by atoms with Gasteiger partial charge in [-0.1, -0.05) is 20.8 Å². The predicted octanol–water partition coefficient (Wildman–Crippen LogP) is 3.19.